The third-order valence-corrected chi connectivity index (χ3v) is 12.2. The predicted molar refractivity (Wildman–Crippen MR) is 259 cm³/mol. The molecule has 2 atom stereocenters. The first kappa shape index (κ1) is 52.9. The standard InChI is InChI=1S/C47H65N9O5S.C2H6/c1-7-14-38(52-44(59)46(3,4)55-27-29-56(30-28-55)47(5,6)45(60)53-39-25-19-34(2)20-26-39)17-12-9-13-18-40(54-62(61)33-36-15-10-8-11-16-36)43(58)51-32-41(57)50-31-35-21-23-37(24-22-35)42(48)49;1-2/h8-12,14-16,19-26,40,54H,7,13,17-18,27-33H2,1-6H3,(H3,48,49)(H,50,57)(H,51,58)(H,52,59)(H,53,60);1-2H3/b12-9-,38-14+;. The molecule has 1 saturated heterocycles. The number of allylic oxidation sites excluding steroid dienone is 3. The molecule has 15 heteroatoms. The zero-order chi connectivity index (χ0) is 47.3. The fourth-order valence-corrected chi connectivity index (χ4v) is 8.00. The van der Waals surface area contributed by atoms with Crippen LogP contribution in [0.15, 0.2) is 103 Å². The molecule has 3 aromatic carbocycles. The smallest absolute Gasteiger partial charge is 0.244 e. The molecule has 2 unspecified atom stereocenters. The van der Waals surface area contributed by atoms with Crippen molar-refractivity contribution in [3.8, 4) is 0 Å². The van der Waals surface area contributed by atoms with Gasteiger partial charge in [-0.2, -0.15) is 0 Å². The number of hydrogen-bond acceptors (Lipinski definition) is 8. The van der Waals surface area contributed by atoms with Gasteiger partial charge in [0, 0.05) is 56.1 Å². The Hall–Kier alpha value is -5.48. The molecule has 348 valence electrons. The topological polar surface area (TPSA) is 202 Å². The Morgan fingerprint density at radius 3 is 1.98 bits per heavy atom. The van der Waals surface area contributed by atoms with Crippen molar-refractivity contribution in [3.05, 3.63) is 125 Å². The number of nitrogens with one attached hydrogen (secondary N) is 6. The van der Waals surface area contributed by atoms with Crippen LogP contribution in [0.25, 0.3) is 0 Å². The van der Waals surface area contributed by atoms with Crippen LogP contribution in [0.4, 0.5) is 5.69 Å². The molecule has 1 fully saturated rings. The number of aryl methyl sites for hydroxylation is 1. The molecule has 0 saturated carbocycles. The molecular weight excluding hydrogens is 827 g/mol. The van der Waals surface area contributed by atoms with E-state index in [0.717, 1.165) is 34.5 Å². The van der Waals surface area contributed by atoms with Gasteiger partial charge in [0.2, 0.25) is 23.6 Å². The van der Waals surface area contributed by atoms with Crippen molar-refractivity contribution in [1.82, 2.24) is 30.5 Å². The maximum absolute atomic E-state index is 13.8. The van der Waals surface area contributed by atoms with Crippen LogP contribution in [0.1, 0.15) is 96.4 Å². The summed E-state index contributed by atoms with van der Waals surface area (Å²) in [5.74, 6) is -0.856. The Balaban J connectivity index is 0.00000537. The van der Waals surface area contributed by atoms with E-state index in [1.165, 1.54) is 0 Å². The lowest BCUT2D eigenvalue weighted by Crippen LogP contribution is -2.64. The Kier molecular flexibility index (Phi) is 21.8. The highest BCUT2D eigenvalue weighted by molar-refractivity contribution is 7.82. The number of rotatable bonds is 22. The number of amidine groups is 1. The van der Waals surface area contributed by atoms with Crippen LogP contribution in [0.3, 0.4) is 0 Å². The Labute approximate surface area is 383 Å². The van der Waals surface area contributed by atoms with Crippen LogP contribution in [0, 0.1) is 12.3 Å². The van der Waals surface area contributed by atoms with Crippen molar-refractivity contribution in [1.29, 1.82) is 5.41 Å². The largest absolute Gasteiger partial charge is 0.384 e. The van der Waals surface area contributed by atoms with Crippen molar-refractivity contribution in [3.63, 3.8) is 0 Å². The minimum absolute atomic E-state index is 0.0423. The van der Waals surface area contributed by atoms with Gasteiger partial charge in [-0.25, -0.2) is 8.93 Å². The highest BCUT2D eigenvalue weighted by Gasteiger charge is 2.41. The molecule has 0 aromatic heterocycles. The maximum atomic E-state index is 13.8. The lowest BCUT2D eigenvalue weighted by atomic mass is 9.96. The van der Waals surface area contributed by atoms with Crippen LogP contribution in [-0.2, 0) is 42.5 Å². The van der Waals surface area contributed by atoms with Gasteiger partial charge in [-0.05, 0) is 77.1 Å². The average Bonchev–Trinajstić information content (AvgIpc) is 3.28. The van der Waals surface area contributed by atoms with Gasteiger partial charge in [-0.3, -0.25) is 34.4 Å². The highest BCUT2D eigenvalue weighted by atomic mass is 32.2. The monoisotopic (exact) mass is 898 g/mol. The number of nitrogen functional groups attached to an aromatic ring is 1. The summed E-state index contributed by atoms with van der Waals surface area (Å²) in [5, 5.41) is 19.2. The summed E-state index contributed by atoms with van der Waals surface area (Å²) >= 11 is 0. The summed E-state index contributed by atoms with van der Waals surface area (Å²) in [6.07, 6.45) is 7.85. The van der Waals surface area contributed by atoms with Crippen LogP contribution >= 0.6 is 0 Å². The van der Waals surface area contributed by atoms with Crippen LogP contribution in [-0.4, -0.2) is 93.3 Å². The average molecular weight is 898 g/mol. The minimum atomic E-state index is -1.56. The fraction of sp³-hybridized carbons (Fsp3) is 0.449. The SMILES string of the molecule is CC.CC/C=C(\C/C=C\CCC(NS(=O)Cc1ccccc1)C(=O)NCC(=O)NCc1ccc(C(=N)N)cc1)NC(=O)C(C)(C)N1CCN(C(C)(C)C(=O)Nc2ccc(C)cc2)CC1. The number of nitrogens with zero attached hydrogens (tertiary/aromatic N) is 2. The third kappa shape index (κ3) is 16.9. The lowest BCUT2D eigenvalue weighted by molar-refractivity contribution is -0.135. The Morgan fingerprint density at radius 1 is 0.812 bits per heavy atom. The summed E-state index contributed by atoms with van der Waals surface area (Å²) < 4.78 is 16.1. The van der Waals surface area contributed by atoms with Gasteiger partial charge in [0.25, 0.3) is 0 Å². The quantitative estimate of drug-likeness (QED) is 0.0372. The van der Waals surface area contributed by atoms with Gasteiger partial charge < -0.3 is 27.0 Å². The number of carbonyl (C=O) groups is 4. The van der Waals surface area contributed by atoms with Crippen molar-refractivity contribution in [2.45, 2.75) is 110 Å². The van der Waals surface area contributed by atoms with E-state index in [2.05, 4.69) is 35.8 Å². The van der Waals surface area contributed by atoms with E-state index in [4.69, 9.17) is 11.1 Å². The summed E-state index contributed by atoms with van der Waals surface area (Å²) in [6, 6.07) is 23.2. The molecule has 0 bridgehead atoms. The Morgan fingerprint density at radius 2 is 1.41 bits per heavy atom. The minimum Gasteiger partial charge on any atom is -0.384 e. The van der Waals surface area contributed by atoms with Crippen molar-refractivity contribution >= 4 is 46.1 Å². The third-order valence-electron chi connectivity index (χ3n) is 11.0. The number of piperazine rings is 1. The summed E-state index contributed by atoms with van der Waals surface area (Å²) in [7, 11) is -1.56. The van der Waals surface area contributed by atoms with Crippen LogP contribution in [0.2, 0.25) is 0 Å². The number of benzene rings is 3. The second kappa shape index (κ2) is 26.3. The van der Waals surface area contributed by atoms with E-state index < -0.39 is 34.0 Å². The van der Waals surface area contributed by atoms with E-state index >= 15 is 0 Å². The number of nitrogens with two attached hydrogens (primary N) is 1. The Bertz CT molecular complexity index is 2060. The van der Waals surface area contributed by atoms with Crippen molar-refractivity contribution in [2.24, 2.45) is 5.73 Å². The second-order valence-corrected chi connectivity index (χ2v) is 17.7. The van der Waals surface area contributed by atoms with E-state index in [-0.39, 0.29) is 42.4 Å². The van der Waals surface area contributed by atoms with Crippen LogP contribution in [0.5, 0.6) is 0 Å². The summed E-state index contributed by atoms with van der Waals surface area (Å²) in [5.41, 5.74) is 8.88. The van der Waals surface area contributed by atoms with Gasteiger partial charge in [-0.15, -0.1) is 0 Å². The molecule has 1 aliphatic heterocycles. The number of anilines is 1. The first-order valence-electron chi connectivity index (χ1n) is 22.2. The molecule has 64 heavy (non-hydrogen) atoms. The number of hydrogen-bond donors (Lipinski definition) is 7. The van der Waals surface area contributed by atoms with Crippen molar-refractivity contribution < 1.29 is 23.4 Å². The molecule has 8 N–H and O–H groups in total. The van der Waals surface area contributed by atoms with E-state index in [1.54, 1.807) is 24.3 Å². The zero-order valence-corrected chi connectivity index (χ0v) is 39.8. The molecule has 1 heterocycles. The molecule has 14 nitrogen and oxygen atoms in total. The second-order valence-electron chi connectivity index (χ2n) is 16.5. The van der Waals surface area contributed by atoms with E-state index in [1.807, 2.05) is 128 Å². The van der Waals surface area contributed by atoms with E-state index in [9.17, 15) is 23.4 Å². The van der Waals surface area contributed by atoms with Gasteiger partial charge in [-0.1, -0.05) is 111 Å². The molecule has 0 spiro atoms. The highest BCUT2D eigenvalue weighted by Crippen LogP contribution is 2.24. The summed E-state index contributed by atoms with van der Waals surface area (Å²) in [6.45, 7) is 18.2. The van der Waals surface area contributed by atoms with Gasteiger partial charge >= 0.3 is 0 Å². The van der Waals surface area contributed by atoms with Crippen molar-refractivity contribution in [2.75, 3.05) is 38.0 Å². The zero-order valence-electron chi connectivity index (χ0n) is 39.0. The molecule has 4 rings (SSSR count). The van der Waals surface area contributed by atoms with E-state index in [0.29, 0.717) is 51.0 Å². The number of amides is 4. The fourth-order valence-electron chi connectivity index (χ4n) is 6.88. The first-order valence-corrected chi connectivity index (χ1v) is 23.5. The molecule has 1 aliphatic rings. The summed E-state index contributed by atoms with van der Waals surface area (Å²) in [4.78, 5) is 57.4. The molecule has 3 aromatic rings. The molecule has 4 amide bonds. The van der Waals surface area contributed by atoms with Gasteiger partial charge in [0.1, 0.15) is 5.84 Å². The van der Waals surface area contributed by atoms with Crippen LogP contribution < -0.4 is 31.7 Å². The lowest BCUT2D eigenvalue weighted by Gasteiger charge is -2.47. The first-order chi connectivity index (χ1) is 30.5. The molecule has 0 aliphatic carbocycles. The maximum Gasteiger partial charge on any atom is 0.244 e. The van der Waals surface area contributed by atoms with Gasteiger partial charge in [0.05, 0.1) is 40.4 Å². The predicted octanol–water partition coefficient (Wildman–Crippen LogP) is 5.81. The molecule has 0 radical (unpaired) electrons. The van der Waals surface area contributed by atoms with Gasteiger partial charge in [0.15, 0.2) is 0 Å². The molecular formula is C49H71N9O5S. The number of carbonyl (C=O) groups excluding carboxylic acids is 4. The normalized spacial score (nSPS) is 14.7.